The number of carbonyl (C=O) groups is 2. The number of hydrogen-bond acceptors (Lipinski definition) is 10. The van der Waals surface area contributed by atoms with E-state index in [1.165, 1.54) is 11.0 Å². The smallest absolute Gasteiger partial charge is 0.309 e. The number of piperidine rings is 2. The van der Waals surface area contributed by atoms with Crippen molar-refractivity contribution in [2.24, 2.45) is 5.92 Å². The van der Waals surface area contributed by atoms with Crippen molar-refractivity contribution in [2.45, 2.75) is 31.3 Å². The predicted octanol–water partition coefficient (Wildman–Crippen LogP) is 5.71. The van der Waals surface area contributed by atoms with Gasteiger partial charge in [-0.3, -0.25) is 19.4 Å². The number of amides is 1. The number of phenolic OH excluding ortho intramolecular Hbond substituents is 2. The minimum Gasteiger partial charge on any atom is -0.507 e. The van der Waals surface area contributed by atoms with E-state index in [0.29, 0.717) is 67.3 Å². The topological polar surface area (TPSA) is 137 Å². The Balaban J connectivity index is 0.00000270. The van der Waals surface area contributed by atoms with Crippen LogP contribution in [0.15, 0.2) is 63.9 Å². The second-order valence-corrected chi connectivity index (χ2v) is 12.9. The van der Waals surface area contributed by atoms with E-state index < -0.39 is 23.2 Å². The Labute approximate surface area is 301 Å². The molecule has 4 aromatic rings. The average molecular weight is 734 g/mol. The van der Waals surface area contributed by atoms with Crippen LogP contribution in [0.4, 0.5) is 5.69 Å². The average Bonchev–Trinajstić information content (AvgIpc) is 3.05. The molecule has 0 radical (unpaired) electrons. The zero-order valence-corrected chi connectivity index (χ0v) is 29.7. The Morgan fingerprint density at radius 3 is 2.41 bits per heavy atom. The first-order valence-corrected chi connectivity index (χ1v) is 16.0. The van der Waals surface area contributed by atoms with E-state index in [1.807, 2.05) is 13.1 Å². The minimum absolute atomic E-state index is 0. The monoisotopic (exact) mass is 732 g/mol. The van der Waals surface area contributed by atoms with Gasteiger partial charge in [0.05, 0.1) is 10.9 Å². The Hall–Kier alpha value is -4.03. The number of hydrogen-bond donors (Lipinski definition) is 2. The Kier molecular flexibility index (Phi) is 12.1. The summed E-state index contributed by atoms with van der Waals surface area (Å²) in [7, 11) is 5.30. The van der Waals surface area contributed by atoms with Crippen molar-refractivity contribution in [3.63, 3.8) is 0 Å². The molecule has 4 heterocycles. The summed E-state index contributed by atoms with van der Waals surface area (Å²) in [4.78, 5) is 49.2. The highest BCUT2D eigenvalue weighted by molar-refractivity contribution is 6.33. The van der Waals surface area contributed by atoms with Crippen LogP contribution in [0.5, 0.6) is 11.5 Å². The quantitative estimate of drug-likeness (QED) is 0.237. The van der Waals surface area contributed by atoms with Gasteiger partial charge in [0.25, 0.3) is 5.91 Å². The maximum atomic E-state index is 13.6. The van der Waals surface area contributed by atoms with Gasteiger partial charge < -0.3 is 34.1 Å². The minimum atomic E-state index is -0.646. The molecule has 2 aromatic carbocycles. The summed E-state index contributed by atoms with van der Waals surface area (Å²) < 4.78 is 12.5. The van der Waals surface area contributed by atoms with E-state index in [2.05, 4.69) is 14.8 Å². The van der Waals surface area contributed by atoms with Crippen molar-refractivity contribution in [3.05, 3.63) is 81.2 Å². The number of ether oxygens (including phenoxy) is 1. The third-order valence-corrected chi connectivity index (χ3v) is 9.43. The molecule has 11 nitrogen and oxygen atoms in total. The number of rotatable bonds is 6. The van der Waals surface area contributed by atoms with Crippen LogP contribution in [-0.2, 0) is 9.53 Å². The third kappa shape index (κ3) is 7.75. The van der Waals surface area contributed by atoms with Crippen molar-refractivity contribution >= 4 is 64.9 Å². The molecule has 2 atom stereocenters. The highest BCUT2D eigenvalue weighted by atomic mass is 35.5. The molecule has 0 bridgehead atoms. The van der Waals surface area contributed by atoms with E-state index in [-0.39, 0.29) is 65.1 Å². The number of halogens is 3. The summed E-state index contributed by atoms with van der Waals surface area (Å²) in [6, 6.07) is 13.0. The largest absolute Gasteiger partial charge is 0.507 e. The number of phenols is 2. The molecule has 14 heteroatoms. The van der Waals surface area contributed by atoms with Crippen LogP contribution in [0.3, 0.4) is 0 Å². The molecule has 0 spiro atoms. The van der Waals surface area contributed by atoms with Gasteiger partial charge >= 0.3 is 5.97 Å². The Morgan fingerprint density at radius 2 is 1.71 bits per heavy atom. The van der Waals surface area contributed by atoms with Crippen molar-refractivity contribution in [2.75, 3.05) is 52.2 Å². The van der Waals surface area contributed by atoms with Crippen LogP contribution in [0.25, 0.3) is 22.3 Å². The number of carbonyl (C=O) groups excluding carboxylic acids is 2. The zero-order valence-electron chi connectivity index (χ0n) is 27.3. The molecule has 0 saturated carbocycles. The molecule has 0 unspecified atom stereocenters. The molecule has 262 valence electrons. The van der Waals surface area contributed by atoms with E-state index in [0.717, 1.165) is 11.8 Å². The lowest BCUT2D eigenvalue weighted by molar-refractivity contribution is -0.158. The standard InChI is InChI=1S/C35H37ClN4O7.2ClH/c1-38(2)34(44)25-16-21(8-12-37-25)40-14-9-20(10-15-40)35(45)47-30-19-39(3)13-11-23(30)31-26(41)17-27(42)32-28(43)18-29(46-33(31)32)22-6-4-5-7-24(22)36;;/h4-8,12,16-18,20,23,30,41-42H,9-11,13-15,19H2,1-3H3;2*1H/t23-,30+;;/m0../s1. The SMILES string of the molecule is CN1CC[C@H](c2c(O)cc(O)c3c(=O)cc(-c4ccccc4Cl)oc23)[C@H](OC(=O)C2CCN(c3ccnc(C(=O)N(C)C)c3)CC2)C1.Cl.Cl. The summed E-state index contributed by atoms with van der Waals surface area (Å²) in [6.45, 7) is 2.27. The van der Waals surface area contributed by atoms with E-state index in [4.69, 9.17) is 20.8 Å². The van der Waals surface area contributed by atoms with Crippen LogP contribution < -0.4 is 10.3 Å². The lowest BCUT2D eigenvalue weighted by Gasteiger charge is -2.38. The normalized spacial score (nSPS) is 18.3. The highest BCUT2D eigenvalue weighted by Gasteiger charge is 2.38. The highest BCUT2D eigenvalue weighted by Crippen LogP contribution is 2.44. The predicted molar refractivity (Wildman–Crippen MR) is 193 cm³/mol. The first-order chi connectivity index (χ1) is 22.5. The van der Waals surface area contributed by atoms with Gasteiger partial charge in [0.15, 0.2) is 5.43 Å². The van der Waals surface area contributed by atoms with Crippen molar-refractivity contribution in [1.29, 1.82) is 0 Å². The summed E-state index contributed by atoms with van der Waals surface area (Å²) in [5.41, 5.74) is 1.59. The van der Waals surface area contributed by atoms with Crippen molar-refractivity contribution in [3.8, 4) is 22.8 Å². The summed E-state index contributed by atoms with van der Waals surface area (Å²) >= 11 is 6.41. The molecule has 1 amide bonds. The fourth-order valence-corrected chi connectivity index (χ4v) is 6.80. The first kappa shape index (κ1) is 37.8. The van der Waals surface area contributed by atoms with Gasteiger partial charge in [-0.2, -0.15) is 0 Å². The zero-order chi connectivity index (χ0) is 33.4. The number of likely N-dealkylation sites (tertiary alicyclic amines) is 1. The summed E-state index contributed by atoms with van der Waals surface area (Å²) in [5, 5.41) is 22.2. The van der Waals surface area contributed by atoms with Gasteiger partial charge in [-0.1, -0.05) is 23.7 Å². The van der Waals surface area contributed by atoms with Crippen molar-refractivity contribution < 1.29 is 29.0 Å². The molecule has 2 N–H and O–H groups in total. The lowest BCUT2D eigenvalue weighted by Crippen LogP contribution is -2.45. The van der Waals surface area contributed by atoms with Gasteiger partial charge in [0.1, 0.15) is 40.0 Å². The fraction of sp³-hybridized carbons (Fsp3) is 0.371. The van der Waals surface area contributed by atoms with Gasteiger partial charge in [0, 0.05) is 74.8 Å². The molecular weight excluding hydrogens is 695 g/mol. The molecule has 2 aromatic heterocycles. The van der Waals surface area contributed by atoms with Crippen LogP contribution >= 0.6 is 36.4 Å². The Morgan fingerprint density at radius 1 is 1.00 bits per heavy atom. The number of fused-ring (bicyclic) bond motifs is 1. The van der Waals surface area contributed by atoms with Crippen LogP contribution in [0, 0.1) is 5.92 Å². The number of benzene rings is 2. The molecule has 6 rings (SSSR count). The van der Waals surface area contributed by atoms with Gasteiger partial charge in [-0.05, 0) is 57.1 Å². The van der Waals surface area contributed by atoms with Gasteiger partial charge in [0.2, 0.25) is 0 Å². The third-order valence-electron chi connectivity index (χ3n) is 9.10. The molecule has 2 aliphatic rings. The molecule has 2 aliphatic heterocycles. The number of pyridine rings is 1. The molecule has 2 saturated heterocycles. The molecule has 0 aliphatic carbocycles. The summed E-state index contributed by atoms with van der Waals surface area (Å²) in [5.74, 6) is -1.80. The molecule has 2 fully saturated rings. The number of esters is 1. The molecular formula is C35H39Cl3N4O7. The molecule has 49 heavy (non-hydrogen) atoms. The number of nitrogens with zero attached hydrogens (tertiary/aromatic N) is 4. The summed E-state index contributed by atoms with van der Waals surface area (Å²) in [6.07, 6.45) is 2.61. The first-order valence-electron chi connectivity index (χ1n) is 15.6. The van der Waals surface area contributed by atoms with Crippen LogP contribution in [0.1, 0.15) is 41.2 Å². The van der Waals surface area contributed by atoms with Crippen LogP contribution in [-0.4, -0.2) is 90.3 Å². The second kappa shape index (κ2) is 15.7. The van der Waals surface area contributed by atoms with Crippen molar-refractivity contribution in [1.82, 2.24) is 14.8 Å². The Bertz CT molecular complexity index is 1900. The number of anilines is 1. The van der Waals surface area contributed by atoms with Gasteiger partial charge in [-0.15, -0.1) is 24.8 Å². The maximum absolute atomic E-state index is 13.6. The number of likely N-dealkylation sites (N-methyl/N-ethyl adjacent to an activating group) is 1. The van der Waals surface area contributed by atoms with E-state index in [9.17, 15) is 24.6 Å². The van der Waals surface area contributed by atoms with E-state index >= 15 is 0 Å². The lowest BCUT2D eigenvalue weighted by atomic mass is 9.85. The maximum Gasteiger partial charge on any atom is 0.309 e. The fourth-order valence-electron chi connectivity index (χ4n) is 6.58. The van der Waals surface area contributed by atoms with Crippen LogP contribution in [0.2, 0.25) is 5.02 Å². The van der Waals surface area contributed by atoms with E-state index in [1.54, 1.807) is 50.6 Å². The second-order valence-electron chi connectivity index (χ2n) is 12.5. The number of aromatic nitrogens is 1. The number of aromatic hydroxyl groups is 2. The van der Waals surface area contributed by atoms with Gasteiger partial charge in [-0.25, -0.2) is 0 Å².